The van der Waals surface area contributed by atoms with Crippen molar-refractivity contribution in [3.63, 3.8) is 0 Å². The quantitative estimate of drug-likeness (QED) is 0.0343. The first kappa shape index (κ1) is 56.2. The van der Waals surface area contributed by atoms with Gasteiger partial charge >= 0.3 is 0 Å². The topological polar surface area (TPSA) is 349 Å². The number of nitrogens with zero attached hydrogens (tertiary/aromatic N) is 2. The molecule has 6 amide bonds. The number of nitrogens with one attached hydrogen (secondary N) is 7. The van der Waals surface area contributed by atoms with E-state index in [9.17, 15) is 43.2 Å². The highest BCUT2D eigenvalue weighted by atomic mass is 16.2. The number of aromatic amines is 2. The summed E-state index contributed by atoms with van der Waals surface area (Å²) in [5, 5.41) is 14.5. The molecule has 13 N–H and O–H groups in total. The van der Waals surface area contributed by atoms with Crippen molar-refractivity contribution in [3.05, 3.63) is 90.1 Å². The van der Waals surface area contributed by atoms with E-state index in [0.29, 0.717) is 24.1 Å². The van der Waals surface area contributed by atoms with Gasteiger partial charge in [-0.1, -0.05) is 68.3 Å². The van der Waals surface area contributed by atoms with Gasteiger partial charge in [-0.3, -0.25) is 48.1 Å². The molecule has 1 aliphatic rings. The second kappa shape index (κ2) is 28.4. The molecule has 0 bridgehead atoms. The van der Waals surface area contributed by atoms with E-state index < -0.39 is 94.7 Å². The highest BCUT2D eigenvalue weighted by Crippen LogP contribution is 2.27. The Kier molecular flexibility index (Phi) is 21.8. The lowest BCUT2D eigenvalue weighted by Crippen LogP contribution is -2.58. The highest BCUT2D eigenvalue weighted by Gasteiger charge is 2.35. The number of carbonyl (C=O) groups excluding carboxylic acids is 9. The molecule has 1 saturated heterocycles. The molecule has 21 nitrogen and oxygen atoms in total. The van der Waals surface area contributed by atoms with Crippen LogP contribution in [0.1, 0.15) is 101 Å². The van der Waals surface area contributed by atoms with Crippen LogP contribution in [-0.2, 0) is 62.4 Å². The maximum Gasteiger partial charge on any atom is 0.243 e. The number of Topliss-reactive ketones (excluding diaryl/α,β-unsaturated/α-hetero) is 3. The number of hydrogen-bond acceptors (Lipinski definition) is 11. The van der Waals surface area contributed by atoms with E-state index >= 15 is 0 Å². The molecule has 2 aromatic carbocycles. The van der Waals surface area contributed by atoms with E-state index in [-0.39, 0.29) is 96.1 Å². The average Bonchev–Trinajstić information content (AvgIpc) is 4.03. The number of unbranched alkanes of at least 4 members (excludes halogenated alkanes) is 1. The summed E-state index contributed by atoms with van der Waals surface area (Å²) >= 11 is 0. The first-order valence-electron chi connectivity index (χ1n) is 24.9. The SMILES string of the molecule is CCCC[C@H](NC(C)=O)C(=O)N[C@H]1CCC(=O)NCC[C@@H](C(=O)C[C@@H](Cc2c[nH]c3ccccc23)C(N)=O)CC(=O)[C@H](CCCN=C(N)N)CC(=O)[C@H](Cc2ccccc2)NC(=O)[C@H](Cc2cnc[nH]2)NC1=O. The fraction of sp³-hybridized carbons (Fsp3) is 0.481. The standard InChI is InChI=1S/C52H70N12O9/c1-3-4-15-40(61-31(2)65)49(71)62-41-17-18-47(69)57-21-19-34(45(67)26-35(48(53)70)23-36-28-59-39-16-9-8-14-38(36)39)24-44(66)33(13-10-20-58-52(54)55)25-46(68)42(22-32-11-6-5-7-12-32)63-51(73)43(64-50(41)72)27-37-29-56-30-60-37/h5-9,11-12,14,16,28-30,33-35,40-43,59H,3-4,10,13,15,17-27H2,1-2H3,(H2,53,70)(H,56,60)(H,57,69)(H,61,65)(H,62,71)(H,63,73)(H,64,72)(H4,54,55,58)/t33-,34-,35-,40+,41+,42+,43+/m1/s1. The molecule has 2 aromatic heterocycles. The fourth-order valence-electron chi connectivity index (χ4n) is 9.02. The van der Waals surface area contributed by atoms with Crippen molar-refractivity contribution in [1.82, 2.24) is 41.5 Å². The number of para-hydroxylation sites is 1. The molecule has 0 radical (unpaired) electrons. The summed E-state index contributed by atoms with van der Waals surface area (Å²) < 4.78 is 0. The lowest BCUT2D eigenvalue weighted by molar-refractivity contribution is -0.135. The van der Waals surface area contributed by atoms with Crippen LogP contribution >= 0.6 is 0 Å². The predicted molar refractivity (Wildman–Crippen MR) is 273 cm³/mol. The van der Waals surface area contributed by atoms with Gasteiger partial charge in [0.2, 0.25) is 35.4 Å². The molecule has 7 atom stereocenters. The van der Waals surface area contributed by atoms with Gasteiger partial charge in [0.15, 0.2) is 11.7 Å². The zero-order chi connectivity index (χ0) is 52.9. The number of carbonyl (C=O) groups is 9. The Balaban J connectivity index is 1.52. The van der Waals surface area contributed by atoms with Gasteiger partial charge < -0.3 is 53.8 Å². The zero-order valence-electron chi connectivity index (χ0n) is 41.6. The Morgan fingerprint density at radius 2 is 1.59 bits per heavy atom. The van der Waals surface area contributed by atoms with E-state index in [1.165, 1.54) is 19.4 Å². The van der Waals surface area contributed by atoms with Crippen molar-refractivity contribution in [3.8, 4) is 0 Å². The number of guanidine groups is 1. The number of nitrogens with two attached hydrogens (primary N) is 3. The van der Waals surface area contributed by atoms with Gasteiger partial charge in [-0.05, 0) is 62.1 Å². The third-order valence-corrected chi connectivity index (χ3v) is 13.1. The van der Waals surface area contributed by atoms with Crippen molar-refractivity contribution < 1.29 is 43.2 Å². The Morgan fingerprint density at radius 1 is 0.849 bits per heavy atom. The second-order valence-electron chi connectivity index (χ2n) is 18.7. The Bertz CT molecular complexity index is 2560. The predicted octanol–water partition coefficient (Wildman–Crippen LogP) is 1.63. The third kappa shape index (κ3) is 18.1. The minimum atomic E-state index is -1.40. The van der Waals surface area contributed by atoms with Crippen LogP contribution < -0.4 is 43.8 Å². The van der Waals surface area contributed by atoms with Crippen LogP contribution in [0, 0.1) is 17.8 Å². The van der Waals surface area contributed by atoms with Crippen molar-refractivity contribution >= 4 is 69.7 Å². The molecule has 0 spiro atoms. The smallest absolute Gasteiger partial charge is 0.243 e. The highest BCUT2D eigenvalue weighted by molar-refractivity contribution is 5.98. The molecular weight excluding hydrogens is 937 g/mol. The lowest BCUT2D eigenvalue weighted by Gasteiger charge is -2.27. The minimum absolute atomic E-state index is 0.00581. The number of aromatic nitrogens is 3. The van der Waals surface area contributed by atoms with Crippen LogP contribution in [0.25, 0.3) is 10.9 Å². The van der Waals surface area contributed by atoms with Gasteiger partial charge in [0.1, 0.15) is 29.7 Å². The van der Waals surface area contributed by atoms with Crippen LogP contribution in [0.15, 0.2) is 78.3 Å². The molecule has 0 unspecified atom stereocenters. The van der Waals surface area contributed by atoms with Crippen molar-refractivity contribution in [2.75, 3.05) is 13.1 Å². The van der Waals surface area contributed by atoms with Gasteiger partial charge in [0.25, 0.3) is 0 Å². The van der Waals surface area contributed by atoms with Crippen molar-refractivity contribution in [2.24, 2.45) is 39.9 Å². The number of aliphatic imine (C=N–C) groups is 1. The molecule has 5 rings (SSSR count). The number of rotatable bonds is 20. The summed E-state index contributed by atoms with van der Waals surface area (Å²) in [6.07, 6.45) is 4.95. The molecule has 1 fully saturated rings. The monoisotopic (exact) mass is 1010 g/mol. The number of hydrogen-bond donors (Lipinski definition) is 10. The molecule has 4 aromatic rings. The van der Waals surface area contributed by atoms with Crippen LogP contribution in [0.3, 0.4) is 0 Å². The summed E-state index contributed by atoms with van der Waals surface area (Å²) in [6, 6.07) is 11.4. The number of fused-ring (bicyclic) bond motifs is 1. The van der Waals surface area contributed by atoms with E-state index in [1.54, 1.807) is 36.5 Å². The number of H-pyrrole nitrogens is 2. The number of amides is 6. The first-order chi connectivity index (χ1) is 35.0. The van der Waals surface area contributed by atoms with Gasteiger partial charge in [0, 0.05) is 98.9 Å². The van der Waals surface area contributed by atoms with Crippen LogP contribution in [-0.4, -0.2) is 111 Å². The van der Waals surface area contributed by atoms with Crippen LogP contribution in [0.4, 0.5) is 0 Å². The van der Waals surface area contributed by atoms with Crippen molar-refractivity contribution in [1.29, 1.82) is 0 Å². The number of benzene rings is 2. The van der Waals surface area contributed by atoms with Gasteiger partial charge in [-0.15, -0.1) is 0 Å². The maximum atomic E-state index is 14.7. The molecule has 392 valence electrons. The van der Waals surface area contributed by atoms with Crippen molar-refractivity contribution in [2.45, 2.75) is 128 Å². The Hall–Kier alpha value is -7.71. The second-order valence-corrected chi connectivity index (χ2v) is 18.7. The number of primary amides is 1. The van der Waals surface area contributed by atoms with E-state index in [1.807, 2.05) is 31.2 Å². The van der Waals surface area contributed by atoms with Gasteiger partial charge in [-0.2, -0.15) is 0 Å². The molecule has 3 heterocycles. The Labute approximate surface area is 424 Å². The summed E-state index contributed by atoms with van der Waals surface area (Å²) in [7, 11) is 0. The van der Waals surface area contributed by atoms with Gasteiger partial charge in [0.05, 0.1) is 12.4 Å². The van der Waals surface area contributed by atoms with E-state index in [0.717, 1.165) is 16.5 Å². The molecule has 1 aliphatic heterocycles. The summed E-state index contributed by atoms with van der Waals surface area (Å²) in [5.41, 5.74) is 19.8. The Morgan fingerprint density at radius 3 is 2.29 bits per heavy atom. The van der Waals surface area contributed by atoms with E-state index in [2.05, 4.69) is 46.5 Å². The molecule has 73 heavy (non-hydrogen) atoms. The lowest BCUT2D eigenvalue weighted by atomic mass is 9.81. The minimum Gasteiger partial charge on any atom is -0.370 e. The molecular formula is C52H70N12O9. The maximum absolute atomic E-state index is 14.7. The van der Waals surface area contributed by atoms with Crippen LogP contribution in [0.5, 0.6) is 0 Å². The van der Waals surface area contributed by atoms with E-state index in [4.69, 9.17) is 17.2 Å². The number of ketones is 3. The normalized spacial score (nSPS) is 20.5. The molecule has 0 saturated carbocycles. The largest absolute Gasteiger partial charge is 0.370 e. The summed E-state index contributed by atoms with van der Waals surface area (Å²) in [4.78, 5) is 139. The first-order valence-corrected chi connectivity index (χ1v) is 24.9. The summed E-state index contributed by atoms with van der Waals surface area (Å²) in [5.74, 6) is -8.52. The third-order valence-electron chi connectivity index (χ3n) is 13.1. The molecule has 0 aliphatic carbocycles. The average molecular weight is 1010 g/mol. The van der Waals surface area contributed by atoms with Crippen LogP contribution in [0.2, 0.25) is 0 Å². The summed E-state index contributed by atoms with van der Waals surface area (Å²) in [6.45, 7) is 3.21. The fourth-order valence-corrected chi connectivity index (χ4v) is 9.02. The zero-order valence-corrected chi connectivity index (χ0v) is 41.6. The van der Waals surface area contributed by atoms with Gasteiger partial charge in [-0.25, -0.2) is 4.98 Å². The number of imidazole rings is 1. The molecule has 21 heteroatoms.